The molecule has 1 fully saturated rings. The summed E-state index contributed by atoms with van der Waals surface area (Å²) in [6, 6.07) is 17.2. The lowest BCUT2D eigenvalue weighted by molar-refractivity contribution is -0.437. The SMILES string of the molecule is CCC[N+]1=C(/C=C/C=C2/N(CCCCC(=O)ON3C(=O)CCC3=O)c3ccccc3C2(C)C)C(C)(C)c2ccccc21. The number of nitrogens with zero attached hydrogens (tertiary/aromatic N) is 3. The second-order valence-electron chi connectivity index (χ2n) is 12.4. The van der Waals surface area contributed by atoms with Crippen molar-refractivity contribution in [1.82, 2.24) is 5.06 Å². The molecule has 1 saturated heterocycles. The summed E-state index contributed by atoms with van der Waals surface area (Å²) < 4.78 is 2.46. The molecule has 0 N–H and O–H groups in total. The number of hydrogen-bond donors (Lipinski definition) is 0. The average Bonchev–Trinajstić information content (AvgIpc) is 3.48. The number of para-hydroxylation sites is 2. The minimum absolute atomic E-state index is 0.0898. The van der Waals surface area contributed by atoms with E-state index < -0.39 is 17.8 Å². The van der Waals surface area contributed by atoms with Crippen LogP contribution in [0.4, 0.5) is 11.4 Å². The van der Waals surface area contributed by atoms with Crippen molar-refractivity contribution < 1.29 is 23.8 Å². The summed E-state index contributed by atoms with van der Waals surface area (Å²) in [4.78, 5) is 43.2. The third kappa shape index (κ3) is 5.33. The fourth-order valence-corrected chi connectivity index (χ4v) is 6.56. The standard InChI is InChI=1S/C35H42N3O4/c1-6-23-36-27-16-9-7-14-25(27)34(2,3)29(36)18-13-19-30-35(4,5)26-15-8-10-17-28(26)37(30)24-12-11-20-33(41)42-38-31(39)21-22-32(38)40/h7-10,13-19H,6,11-12,20-24H2,1-5H3/q+1. The quantitative estimate of drug-likeness (QED) is 0.186. The van der Waals surface area contributed by atoms with E-state index in [9.17, 15) is 14.4 Å². The van der Waals surface area contributed by atoms with Gasteiger partial charge in [-0.2, -0.15) is 4.58 Å². The van der Waals surface area contributed by atoms with Crippen LogP contribution in [0.3, 0.4) is 0 Å². The molecule has 3 aliphatic rings. The van der Waals surface area contributed by atoms with Crippen molar-refractivity contribution in [3.63, 3.8) is 0 Å². The highest BCUT2D eigenvalue weighted by atomic mass is 16.7. The van der Waals surface area contributed by atoms with E-state index in [1.807, 2.05) is 0 Å². The lowest BCUT2D eigenvalue weighted by Crippen LogP contribution is -2.32. The van der Waals surface area contributed by atoms with Crippen LogP contribution in [0, 0.1) is 0 Å². The van der Waals surface area contributed by atoms with E-state index in [4.69, 9.17) is 4.84 Å². The van der Waals surface area contributed by atoms with Gasteiger partial charge in [-0.25, -0.2) is 4.79 Å². The van der Waals surface area contributed by atoms with E-state index in [-0.39, 0.29) is 30.1 Å². The largest absolute Gasteiger partial charge is 0.344 e. The van der Waals surface area contributed by atoms with Crippen LogP contribution in [0.1, 0.15) is 84.3 Å². The van der Waals surface area contributed by atoms with Gasteiger partial charge in [-0.3, -0.25) is 9.59 Å². The van der Waals surface area contributed by atoms with E-state index >= 15 is 0 Å². The maximum Gasteiger partial charge on any atom is 0.333 e. The zero-order valence-electron chi connectivity index (χ0n) is 25.5. The van der Waals surface area contributed by atoms with Crippen LogP contribution in [0.5, 0.6) is 0 Å². The summed E-state index contributed by atoms with van der Waals surface area (Å²) >= 11 is 0. The van der Waals surface area contributed by atoms with E-state index in [1.165, 1.54) is 33.9 Å². The third-order valence-corrected chi connectivity index (χ3v) is 8.77. The first-order valence-corrected chi connectivity index (χ1v) is 15.1. The Balaban J connectivity index is 1.34. The monoisotopic (exact) mass is 568 g/mol. The summed E-state index contributed by atoms with van der Waals surface area (Å²) in [5, 5.41) is 0.624. The van der Waals surface area contributed by atoms with Crippen molar-refractivity contribution in [2.45, 2.75) is 84.0 Å². The predicted molar refractivity (Wildman–Crippen MR) is 165 cm³/mol. The molecule has 0 bridgehead atoms. The van der Waals surface area contributed by atoms with Crippen molar-refractivity contribution in [3.8, 4) is 0 Å². The number of fused-ring (bicyclic) bond motifs is 2. The van der Waals surface area contributed by atoms with Gasteiger partial charge in [0.2, 0.25) is 5.69 Å². The molecule has 2 amide bonds. The van der Waals surface area contributed by atoms with Crippen LogP contribution < -0.4 is 4.90 Å². The Morgan fingerprint density at radius 2 is 1.60 bits per heavy atom. The van der Waals surface area contributed by atoms with Gasteiger partial charge in [0.15, 0.2) is 5.71 Å². The van der Waals surface area contributed by atoms with Crippen molar-refractivity contribution in [3.05, 3.63) is 83.6 Å². The molecule has 3 aliphatic heterocycles. The number of carbonyl (C=O) groups is 3. The highest BCUT2D eigenvalue weighted by Crippen LogP contribution is 2.48. The van der Waals surface area contributed by atoms with Crippen LogP contribution in [-0.4, -0.2) is 46.2 Å². The minimum Gasteiger partial charge on any atom is -0.344 e. The molecule has 3 heterocycles. The normalized spacial score (nSPS) is 19.8. The van der Waals surface area contributed by atoms with Crippen molar-refractivity contribution in [2.24, 2.45) is 0 Å². The number of carbonyl (C=O) groups excluding carboxylic acids is 3. The molecule has 5 rings (SSSR count). The molecule has 0 aromatic heterocycles. The Morgan fingerprint density at radius 1 is 0.929 bits per heavy atom. The molecule has 2 aromatic carbocycles. The fraction of sp³-hybridized carbons (Fsp3) is 0.429. The van der Waals surface area contributed by atoms with Gasteiger partial charge in [-0.1, -0.05) is 63.2 Å². The van der Waals surface area contributed by atoms with Gasteiger partial charge in [0.1, 0.15) is 6.54 Å². The smallest absolute Gasteiger partial charge is 0.333 e. The molecule has 0 atom stereocenters. The summed E-state index contributed by atoms with van der Waals surface area (Å²) in [7, 11) is 0. The minimum atomic E-state index is -0.548. The zero-order chi connectivity index (χ0) is 30.1. The van der Waals surface area contributed by atoms with Crippen LogP contribution >= 0.6 is 0 Å². The Bertz CT molecular complexity index is 1480. The number of hydroxylamine groups is 2. The molecule has 42 heavy (non-hydrogen) atoms. The van der Waals surface area contributed by atoms with E-state index in [0.717, 1.165) is 25.9 Å². The topological polar surface area (TPSA) is 69.9 Å². The zero-order valence-corrected chi connectivity index (χ0v) is 25.5. The lowest BCUT2D eigenvalue weighted by atomic mass is 9.81. The fourth-order valence-electron chi connectivity index (χ4n) is 6.56. The predicted octanol–water partition coefficient (Wildman–Crippen LogP) is 6.49. The van der Waals surface area contributed by atoms with Gasteiger partial charge < -0.3 is 9.74 Å². The summed E-state index contributed by atoms with van der Waals surface area (Å²) in [5.74, 6) is -1.45. The van der Waals surface area contributed by atoms with Gasteiger partial charge in [-0.15, -0.1) is 5.06 Å². The molecule has 0 unspecified atom stereocenters. The highest BCUT2D eigenvalue weighted by molar-refractivity contribution is 6.03. The summed E-state index contributed by atoms with van der Waals surface area (Å²) in [6.07, 6.45) is 9.47. The Labute approximate surface area is 249 Å². The molecule has 0 spiro atoms. The third-order valence-electron chi connectivity index (χ3n) is 8.77. The maximum atomic E-state index is 12.3. The van der Waals surface area contributed by atoms with Gasteiger partial charge in [-0.05, 0) is 44.4 Å². The van der Waals surface area contributed by atoms with Crippen molar-refractivity contribution in [2.75, 3.05) is 18.0 Å². The molecular formula is C35H42N3O4+. The second-order valence-corrected chi connectivity index (χ2v) is 12.4. The summed E-state index contributed by atoms with van der Waals surface area (Å²) in [6.45, 7) is 13.1. The molecular weight excluding hydrogens is 526 g/mol. The van der Waals surface area contributed by atoms with Crippen LogP contribution in [-0.2, 0) is 30.1 Å². The van der Waals surface area contributed by atoms with Gasteiger partial charge >= 0.3 is 5.97 Å². The van der Waals surface area contributed by atoms with Crippen molar-refractivity contribution in [1.29, 1.82) is 0 Å². The molecule has 220 valence electrons. The van der Waals surface area contributed by atoms with Gasteiger partial charge in [0, 0.05) is 66.7 Å². The number of amides is 2. The first-order valence-electron chi connectivity index (χ1n) is 15.1. The number of benzene rings is 2. The molecule has 7 heteroatoms. The first kappa shape index (κ1) is 29.5. The lowest BCUT2D eigenvalue weighted by Gasteiger charge is -2.27. The Kier molecular flexibility index (Phi) is 8.22. The summed E-state index contributed by atoms with van der Waals surface area (Å²) in [5.41, 5.74) is 7.37. The first-order chi connectivity index (χ1) is 20.1. The average molecular weight is 569 g/mol. The number of hydrogen-bond acceptors (Lipinski definition) is 5. The number of allylic oxidation sites excluding steroid dienone is 4. The van der Waals surface area contributed by atoms with Crippen LogP contribution in [0.25, 0.3) is 0 Å². The molecule has 2 aromatic rings. The second kappa shape index (κ2) is 11.7. The number of anilines is 1. The highest BCUT2D eigenvalue weighted by Gasteiger charge is 2.44. The number of unbranched alkanes of at least 4 members (excludes halogenated alkanes) is 1. The number of imide groups is 1. The van der Waals surface area contributed by atoms with E-state index in [0.29, 0.717) is 11.5 Å². The number of rotatable bonds is 10. The Hall–Kier alpha value is -4.00. The van der Waals surface area contributed by atoms with Crippen molar-refractivity contribution >= 4 is 34.9 Å². The molecule has 0 saturated carbocycles. The maximum absolute atomic E-state index is 12.3. The van der Waals surface area contributed by atoms with E-state index in [1.54, 1.807) is 0 Å². The molecule has 0 aliphatic carbocycles. The molecule has 0 radical (unpaired) electrons. The Morgan fingerprint density at radius 3 is 2.31 bits per heavy atom. The molecule has 7 nitrogen and oxygen atoms in total. The van der Waals surface area contributed by atoms with Gasteiger partial charge in [0.05, 0.1) is 5.41 Å². The van der Waals surface area contributed by atoms with Crippen LogP contribution in [0.2, 0.25) is 0 Å². The van der Waals surface area contributed by atoms with Crippen LogP contribution in [0.15, 0.2) is 72.5 Å². The van der Waals surface area contributed by atoms with Gasteiger partial charge in [0.25, 0.3) is 11.8 Å². The van der Waals surface area contributed by atoms with E-state index in [2.05, 4.69) is 111 Å².